The molecular weight excluding hydrogens is 236 g/mol. The van der Waals surface area contributed by atoms with E-state index in [0.717, 1.165) is 27.7 Å². The van der Waals surface area contributed by atoms with E-state index in [2.05, 4.69) is 30.5 Å². The molecule has 7 heteroatoms. The summed E-state index contributed by atoms with van der Waals surface area (Å²) in [4.78, 5) is 13.8. The zero-order valence-electron chi connectivity index (χ0n) is 9.35. The van der Waals surface area contributed by atoms with Crippen molar-refractivity contribution in [2.75, 3.05) is 5.32 Å². The zero-order valence-corrected chi connectivity index (χ0v) is 10.2. The second-order valence-electron chi connectivity index (χ2n) is 3.69. The number of fused-ring (bicyclic) bond motifs is 1. The Morgan fingerprint density at radius 3 is 2.94 bits per heavy atom. The Kier molecular flexibility index (Phi) is 2.25. The number of anilines is 2. The predicted octanol–water partition coefficient (Wildman–Crippen LogP) is 2.17. The van der Waals surface area contributed by atoms with Crippen LogP contribution < -0.4 is 5.32 Å². The van der Waals surface area contributed by atoms with Crippen LogP contribution in [-0.4, -0.2) is 25.1 Å². The van der Waals surface area contributed by atoms with Crippen LogP contribution in [0.5, 0.6) is 0 Å². The van der Waals surface area contributed by atoms with Crippen molar-refractivity contribution in [3.63, 3.8) is 0 Å². The number of nitrogens with one attached hydrogen (secondary N) is 2. The molecule has 3 aromatic rings. The summed E-state index contributed by atoms with van der Waals surface area (Å²) in [5.41, 5.74) is 3.54. The number of H-pyrrole nitrogens is 1. The molecule has 86 valence electrons. The second-order valence-corrected chi connectivity index (χ2v) is 4.52. The van der Waals surface area contributed by atoms with E-state index >= 15 is 0 Å². The van der Waals surface area contributed by atoms with Crippen molar-refractivity contribution in [1.82, 2.24) is 25.1 Å². The number of thiazole rings is 1. The molecule has 0 amide bonds. The summed E-state index contributed by atoms with van der Waals surface area (Å²) in [6.07, 6.45) is 0. The zero-order chi connectivity index (χ0) is 11.8. The molecule has 0 aliphatic rings. The highest BCUT2D eigenvalue weighted by molar-refractivity contribution is 7.16. The van der Waals surface area contributed by atoms with Gasteiger partial charge >= 0.3 is 0 Å². The van der Waals surface area contributed by atoms with Gasteiger partial charge < -0.3 is 5.32 Å². The maximum atomic E-state index is 4.35. The molecule has 3 rings (SSSR count). The number of nitrogens with zero attached hydrogens (tertiary/aromatic N) is 4. The van der Waals surface area contributed by atoms with Gasteiger partial charge in [0, 0.05) is 11.8 Å². The second kappa shape index (κ2) is 3.77. The number of aromatic amines is 1. The molecule has 0 radical (unpaired) electrons. The molecular formula is C10H10N6S. The molecule has 0 saturated heterocycles. The lowest BCUT2D eigenvalue weighted by Gasteiger charge is -2.03. The van der Waals surface area contributed by atoms with Crippen molar-refractivity contribution in [3.8, 4) is 0 Å². The molecule has 0 fully saturated rings. The summed E-state index contributed by atoms with van der Waals surface area (Å²) in [5.74, 6) is 2.15. The van der Waals surface area contributed by atoms with Crippen molar-refractivity contribution >= 4 is 33.3 Å². The summed E-state index contributed by atoms with van der Waals surface area (Å²) < 4.78 is 0. The summed E-state index contributed by atoms with van der Waals surface area (Å²) in [5, 5.41) is 10.1. The fourth-order valence-corrected chi connectivity index (χ4v) is 2.26. The minimum atomic E-state index is 0.695. The molecule has 0 saturated carbocycles. The minimum absolute atomic E-state index is 0.695. The topological polar surface area (TPSA) is 79.4 Å². The monoisotopic (exact) mass is 246 g/mol. The molecule has 3 aromatic heterocycles. The van der Waals surface area contributed by atoms with Crippen LogP contribution in [0, 0.1) is 13.8 Å². The predicted molar refractivity (Wildman–Crippen MR) is 66.6 cm³/mol. The first-order valence-electron chi connectivity index (χ1n) is 5.09. The minimum Gasteiger partial charge on any atom is -0.321 e. The van der Waals surface area contributed by atoms with Crippen LogP contribution in [-0.2, 0) is 0 Å². The van der Waals surface area contributed by atoms with E-state index in [1.54, 1.807) is 5.51 Å². The fourth-order valence-electron chi connectivity index (χ4n) is 1.56. The standard InChI is InChI=1S/C10H10N6S/c1-5-3-7(16-15-5)14-9-8-10(17-4-11-8)13-6(2)12-9/h3-4H,1-2H3,(H2,12,13,14,15,16). The number of hydrogen-bond acceptors (Lipinski definition) is 6. The molecule has 3 heterocycles. The van der Waals surface area contributed by atoms with Gasteiger partial charge in [-0.3, -0.25) is 5.10 Å². The Balaban J connectivity index is 2.07. The van der Waals surface area contributed by atoms with Crippen molar-refractivity contribution in [1.29, 1.82) is 0 Å². The van der Waals surface area contributed by atoms with Crippen molar-refractivity contribution in [3.05, 3.63) is 23.1 Å². The first-order valence-corrected chi connectivity index (χ1v) is 5.97. The first-order chi connectivity index (χ1) is 8.22. The van der Waals surface area contributed by atoms with E-state index in [4.69, 9.17) is 0 Å². The van der Waals surface area contributed by atoms with Gasteiger partial charge in [-0.15, -0.1) is 11.3 Å². The highest BCUT2D eigenvalue weighted by atomic mass is 32.1. The lowest BCUT2D eigenvalue weighted by molar-refractivity contribution is 1.04. The van der Waals surface area contributed by atoms with Crippen LogP contribution in [0.15, 0.2) is 11.6 Å². The number of rotatable bonds is 2. The number of hydrogen-bond donors (Lipinski definition) is 2. The molecule has 0 aliphatic carbocycles. The van der Waals surface area contributed by atoms with Gasteiger partial charge in [-0.2, -0.15) is 5.10 Å². The van der Waals surface area contributed by atoms with Gasteiger partial charge in [-0.25, -0.2) is 15.0 Å². The van der Waals surface area contributed by atoms with Crippen LogP contribution >= 0.6 is 11.3 Å². The van der Waals surface area contributed by atoms with Crippen LogP contribution in [0.3, 0.4) is 0 Å². The molecule has 0 aromatic carbocycles. The SMILES string of the molecule is Cc1nc(Nc2cc(C)[nH]n2)c2ncsc2n1. The summed E-state index contributed by atoms with van der Waals surface area (Å²) in [7, 11) is 0. The van der Waals surface area contributed by atoms with Gasteiger partial charge in [0.15, 0.2) is 11.6 Å². The Labute approximate surface area is 101 Å². The van der Waals surface area contributed by atoms with Gasteiger partial charge in [0.05, 0.1) is 5.51 Å². The van der Waals surface area contributed by atoms with Crippen LogP contribution in [0.2, 0.25) is 0 Å². The molecule has 17 heavy (non-hydrogen) atoms. The number of aromatic nitrogens is 5. The van der Waals surface area contributed by atoms with E-state index < -0.39 is 0 Å². The molecule has 2 N–H and O–H groups in total. The Bertz CT molecular complexity index is 670. The lowest BCUT2D eigenvalue weighted by atomic mass is 10.4. The average molecular weight is 246 g/mol. The van der Waals surface area contributed by atoms with E-state index in [9.17, 15) is 0 Å². The third-order valence-electron chi connectivity index (χ3n) is 2.26. The maximum absolute atomic E-state index is 4.35. The molecule has 0 bridgehead atoms. The van der Waals surface area contributed by atoms with Crippen LogP contribution in [0.1, 0.15) is 11.5 Å². The van der Waals surface area contributed by atoms with Crippen molar-refractivity contribution in [2.24, 2.45) is 0 Å². The largest absolute Gasteiger partial charge is 0.321 e. The van der Waals surface area contributed by atoms with E-state index in [-0.39, 0.29) is 0 Å². The Morgan fingerprint density at radius 2 is 2.18 bits per heavy atom. The molecule has 0 atom stereocenters. The number of aryl methyl sites for hydroxylation is 2. The smallest absolute Gasteiger partial charge is 0.162 e. The highest BCUT2D eigenvalue weighted by Crippen LogP contribution is 2.24. The van der Waals surface area contributed by atoms with E-state index in [0.29, 0.717) is 5.82 Å². The Hall–Kier alpha value is -2.02. The summed E-state index contributed by atoms with van der Waals surface area (Å²) in [6.45, 7) is 3.81. The van der Waals surface area contributed by atoms with E-state index in [1.807, 2.05) is 19.9 Å². The fraction of sp³-hybridized carbons (Fsp3) is 0.200. The third-order valence-corrected chi connectivity index (χ3v) is 2.98. The molecule has 0 spiro atoms. The highest BCUT2D eigenvalue weighted by Gasteiger charge is 2.09. The van der Waals surface area contributed by atoms with Crippen LogP contribution in [0.4, 0.5) is 11.6 Å². The van der Waals surface area contributed by atoms with Crippen LogP contribution in [0.25, 0.3) is 10.3 Å². The van der Waals surface area contributed by atoms with Gasteiger partial charge in [-0.1, -0.05) is 0 Å². The van der Waals surface area contributed by atoms with E-state index in [1.165, 1.54) is 11.3 Å². The van der Waals surface area contributed by atoms with Gasteiger partial charge in [0.25, 0.3) is 0 Å². The average Bonchev–Trinajstić information content (AvgIpc) is 2.87. The first kappa shape index (κ1) is 10.2. The molecule has 6 nitrogen and oxygen atoms in total. The molecule has 0 aliphatic heterocycles. The van der Waals surface area contributed by atoms with Gasteiger partial charge in [-0.05, 0) is 13.8 Å². The molecule has 0 unspecified atom stereocenters. The Morgan fingerprint density at radius 1 is 1.29 bits per heavy atom. The quantitative estimate of drug-likeness (QED) is 0.724. The van der Waals surface area contributed by atoms with Gasteiger partial charge in [0.1, 0.15) is 16.2 Å². The lowest BCUT2D eigenvalue weighted by Crippen LogP contribution is -1.98. The maximum Gasteiger partial charge on any atom is 0.162 e. The summed E-state index contributed by atoms with van der Waals surface area (Å²) >= 11 is 1.50. The third kappa shape index (κ3) is 1.84. The normalized spacial score (nSPS) is 10.9. The van der Waals surface area contributed by atoms with Crippen molar-refractivity contribution < 1.29 is 0 Å². The van der Waals surface area contributed by atoms with Gasteiger partial charge in [0.2, 0.25) is 0 Å². The summed E-state index contributed by atoms with van der Waals surface area (Å²) in [6, 6.07) is 1.91. The van der Waals surface area contributed by atoms with Crippen molar-refractivity contribution in [2.45, 2.75) is 13.8 Å².